The Labute approximate surface area is 190 Å². The minimum atomic E-state index is -3.57. The molecule has 1 saturated heterocycles. The number of sulfonamides is 1. The van der Waals surface area contributed by atoms with Crippen molar-refractivity contribution in [1.82, 2.24) is 9.62 Å². The first-order valence-corrected chi connectivity index (χ1v) is 12.3. The highest BCUT2D eigenvalue weighted by atomic mass is 32.2. The number of nitrogens with one attached hydrogen (secondary N) is 2. The van der Waals surface area contributed by atoms with Crippen LogP contribution in [0.15, 0.2) is 47.4 Å². The highest BCUT2D eigenvalue weighted by Gasteiger charge is 2.32. The molecule has 1 heterocycles. The Hall–Kier alpha value is -2.71. The maximum absolute atomic E-state index is 12.8. The molecule has 32 heavy (non-hydrogen) atoms. The minimum Gasteiger partial charge on any atom is -0.344 e. The number of benzene rings is 2. The lowest BCUT2D eigenvalue weighted by molar-refractivity contribution is -0.129. The average Bonchev–Trinajstić information content (AvgIpc) is 2.76. The van der Waals surface area contributed by atoms with E-state index in [1.54, 1.807) is 31.2 Å². The third-order valence-corrected chi connectivity index (χ3v) is 7.92. The van der Waals surface area contributed by atoms with Gasteiger partial charge in [0.25, 0.3) is 0 Å². The van der Waals surface area contributed by atoms with Gasteiger partial charge in [0.15, 0.2) is 0 Å². The minimum absolute atomic E-state index is 0.222. The Balaban J connectivity index is 1.53. The van der Waals surface area contributed by atoms with Gasteiger partial charge in [-0.1, -0.05) is 23.8 Å². The fourth-order valence-electron chi connectivity index (χ4n) is 3.68. The van der Waals surface area contributed by atoms with Crippen LogP contribution in [0.2, 0.25) is 0 Å². The Morgan fingerprint density at radius 1 is 0.969 bits per heavy atom. The lowest BCUT2D eigenvalue weighted by Crippen LogP contribution is -2.47. The number of rotatable bonds is 6. The van der Waals surface area contributed by atoms with Crippen LogP contribution in [0.25, 0.3) is 0 Å². The summed E-state index contributed by atoms with van der Waals surface area (Å²) in [5.41, 5.74) is 3.90. The molecule has 1 aliphatic heterocycles. The molecule has 1 atom stereocenters. The Morgan fingerprint density at radius 2 is 1.59 bits per heavy atom. The topological polar surface area (TPSA) is 95.6 Å². The van der Waals surface area contributed by atoms with Crippen molar-refractivity contribution in [3.05, 3.63) is 59.2 Å². The molecule has 0 saturated carbocycles. The molecular weight excluding hydrogens is 426 g/mol. The monoisotopic (exact) mass is 457 g/mol. The molecule has 0 bridgehead atoms. The second-order valence-corrected chi connectivity index (χ2v) is 10.4. The molecule has 7 nitrogen and oxygen atoms in total. The number of carbonyl (C=O) groups excluding carboxylic acids is 2. The molecule has 1 aliphatic rings. The van der Waals surface area contributed by atoms with Crippen LogP contribution in [-0.4, -0.2) is 43.7 Å². The predicted octanol–water partition coefficient (Wildman–Crippen LogP) is 3.16. The zero-order valence-corrected chi connectivity index (χ0v) is 19.8. The van der Waals surface area contributed by atoms with Gasteiger partial charge >= 0.3 is 0 Å². The number of piperidine rings is 1. The fourth-order valence-corrected chi connectivity index (χ4v) is 5.15. The van der Waals surface area contributed by atoms with Crippen molar-refractivity contribution in [2.45, 2.75) is 51.5 Å². The predicted molar refractivity (Wildman–Crippen MR) is 125 cm³/mol. The molecule has 0 aliphatic carbocycles. The second kappa shape index (κ2) is 9.83. The van der Waals surface area contributed by atoms with E-state index in [-0.39, 0.29) is 35.7 Å². The van der Waals surface area contributed by atoms with Crippen molar-refractivity contribution in [3.8, 4) is 0 Å². The summed E-state index contributed by atoms with van der Waals surface area (Å²) < 4.78 is 27.1. The van der Waals surface area contributed by atoms with Gasteiger partial charge in [-0.15, -0.1) is 0 Å². The molecule has 2 N–H and O–H groups in total. The third kappa shape index (κ3) is 5.55. The summed E-state index contributed by atoms with van der Waals surface area (Å²) in [4.78, 5) is 25.4. The first kappa shape index (κ1) is 23.9. The van der Waals surface area contributed by atoms with Crippen molar-refractivity contribution >= 4 is 27.5 Å². The molecule has 0 aromatic heterocycles. The summed E-state index contributed by atoms with van der Waals surface area (Å²) in [6.07, 6.45) is 0.838. The molecule has 8 heteroatoms. The molecule has 172 valence electrons. The zero-order chi connectivity index (χ0) is 23.5. The maximum Gasteiger partial charge on any atom is 0.246 e. The molecule has 0 unspecified atom stereocenters. The largest absolute Gasteiger partial charge is 0.344 e. The Bertz CT molecular complexity index is 1090. The number of carbonyl (C=O) groups is 2. The van der Waals surface area contributed by atoms with Gasteiger partial charge < -0.3 is 10.6 Å². The van der Waals surface area contributed by atoms with E-state index >= 15 is 0 Å². The van der Waals surface area contributed by atoms with Gasteiger partial charge in [0.05, 0.1) is 4.90 Å². The number of hydrogen-bond donors (Lipinski definition) is 2. The molecule has 3 rings (SSSR count). The summed E-state index contributed by atoms with van der Waals surface area (Å²) in [6.45, 7) is 8.08. The molecular formula is C24H31N3O4S. The Morgan fingerprint density at radius 3 is 2.19 bits per heavy atom. The highest BCUT2D eigenvalue weighted by molar-refractivity contribution is 7.89. The van der Waals surface area contributed by atoms with Gasteiger partial charge in [0.2, 0.25) is 21.8 Å². The van der Waals surface area contributed by atoms with Gasteiger partial charge in [-0.05, 0) is 75.9 Å². The van der Waals surface area contributed by atoms with Gasteiger partial charge in [0.1, 0.15) is 6.04 Å². The van der Waals surface area contributed by atoms with Crippen LogP contribution < -0.4 is 10.6 Å². The summed E-state index contributed by atoms with van der Waals surface area (Å²) in [7, 11) is -3.57. The first-order chi connectivity index (χ1) is 15.1. The van der Waals surface area contributed by atoms with Crippen LogP contribution in [0.5, 0.6) is 0 Å². The van der Waals surface area contributed by atoms with E-state index in [4.69, 9.17) is 0 Å². The first-order valence-electron chi connectivity index (χ1n) is 10.8. The molecule has 2 aromatic carbocycles. The van der Waals surface area contributed by atoms with Crippen LogP contribution in [0.1, 0.15) is 36.5 Å². The van der Waals surface area contributed by atoms with E-state index in [2.05, 4.69) is 10.6 Å². The van der Waals surface area contributed by atoms with Crippen LogP contribution in [0.3, 0.4) is 0 Å². The summed E-state index contributed by atoms with van der Waals surface area (Å²) in [5, 5.41) is 5.59. The summed E-state index contributed by atoms with van der Waals surface area (Å²) in [6, 6.07) is 11.7. The summed E-state index contributed by atoms with van der Waals surface area (Å²) in [5.74, 6) is -0.836. The van der Waals surface area contributed by atoms with Crippen molar-refractivity contribution in [1.29, 1.82) is 0 Å². The van der Waals surface area contributed by atoms with E-state index in [1.165, 1.54) is 4.31 Å². The van der Waals surface area contributed by atoms with E-state index in [0.717, 1.165) is 16.7 Å². The van der Waals surface area contributed by atoms with E-state index in [0.29, 0.717) is 18.5 Å². The van der Waals surface area contributed by atoms with Crippen LogP contribution in [0.4, 0.5) is 5.69 Å². The summed E-state index contributed by atoms with van der Waals surface area (Å²) >= 11 is 0. The number of hydrogen-bond acceptors (Lipinski definition) is 4. The average molecular weight is 458 g/mol. The van der Waals surface area contributed by atoms with E-state index < -0.39 is 16.1 Å². The van der Waals surface area contributed by atoms with Crippen molar-refractivity contribution in [2.75, 3.05) is 18.4 Å². The van der Waals surface area contributed by atoms with Crippen LogP contribution >= 0.6 is 0 Å². The van der Waals surface area contributed by atoms with Crippen molar-refractivity contribution in [2.24, 2.45) is 5.92 Å². The Kier molecular flexibility index (Phi) is 7.36. The zero-order valence-electron chi connectivity index (χ0n) is 19.0. The van der Waals surface area contributed by atoms with Crippen LogP contribution in [0, 0.1) is 26.7 Å². The highest BCUT2D eigenvalue weighted by Crippen LogP contribution is 2.24. The lowest BCUT2D eigenvalue weighted by Gasteiger charge is -2.31. The molecule has 2 aromatic rings. The molecule has 0 spiro atoms. The standard InChI is InChI=1S/C24H31N3O4S/c1-16-5-9-22(10-6-16)32(30,31)27-13-11-20(12-14-27)24(29)25-19(4)23(28)26-21-8-7-17(2)18(3)15-21/h5-10,15,19-20H,11-14H2,1-4H3,(H,25,29)(H,26,28)/t19-/m1/s1. The maximum atomic E-state index is 12.8. The van der Waals surface area contributed by atoms with Gasteiger partial charge in [-0.25, -0.2) is 8.42 Å². The van der Waals surface area contributed by atoms with Gasteiger partial charge in [0, 0.05) is 24.7 Å². The number of aryl methyl sites for hydroxylation is 3. The number of anilines is 1. The molecule has 1 fully saturated rings. The number of amides is 2. The molecule has 2 amide bonds. The van der Waals surface area contributed by atoms with Crippen molar-refractivity contribution in [3.63, 3.8) is 0 Å². The van der Waals surface area contributed by atoms with Gasteiger partial charge in [-0.3, -0.25) is 9.59 Å². The third-order valence-electron chi connectivity index (χ3n) is 6.01. The van der Waals surface area contributed by atoms with Crippen LogP contribution in [-0.2, 0) is 19.6 Å². The SMILES string of the molecule is Cc1ccc(S(=O)(=O)N2CCC(C(=O)N[C@H](C)C(=O)Nc3ccc(C)c(C)c3)CC2)cc1. The van der Waals surface area contributed by atoms with E-state index in [1.807, 2.05) is 39.0 Å². The normalized spacial score (nSPS) is 16.4. The van der Waals surface area contributed by atoms with Crippen molar-refractivity contribution < 1.29 is 18.0 Å². The molecule has 0 radical (unpaired) electrons. The number of nitrogens with zero attached hydrogens (tertiary/aromatic N) is 1. The lowest BCUT2D eigenvalue weighted by atomic mass is 9.97. The second-order valence-electron chi connectivity index (χ2n) is 8.51. The fraction of sp³-hybridized carbons (Fsp3) is 0.417. The van der Waals surface area contributed by atoms with E-state index in [9.17, 15) is 18.0 Å². The quantitative estimate of drug-likeness (QED) is 0.697. The van der Waals surface area contributed by atoms with Gasteiger partial charge in [-0.2, -0.15) is 4.31 Å². The smallest absolute Gasteiger partial charge is 0.246 e.